The molecule has 0 radical (unpaired) electrons. The molecule has 1 aromatic carbocycles. The number of fused-ring (bicyclic) bond motifs is 1. The Morgan fingerprint density at radius 2 is 2.28 bits per heavy atom. The standard InChI is InChI=1S/C12H7N3OS2/c16-11-10(18-12(17)15-11)4-7-1-2-9-8(3-7)5-13-6-14-9/h1-6H,(H,15,16,17)/b10-4-. The van der Waals surface area contributed by atoms with Crippen LogP contribution >= 0.6 is 24.0 Å². The summed E-state index contributed by atoms with van der Waals surface area (Å²) in [5, 5.41) is 3.53. The second-order valence-electron chi connectivity index (χ2n) is 3.69. The van der Waals surface area contributed by atoms with Crippen LogP contribution in [0.3, 0.4) is 0 Å². The normalized spacial score (nSPS) is 17.4. The van der Waals surface area contributed by atoms with Gasteiger partial charge in [0.2, 0.25) is 0 Å². The van der Waals surface area contributed by atoms with E-state index in [1.54, 1.807) is 6.20 Å². The van der Waals surface area contributed by atoms with Crippen LogP contribution in [0.5, 0.6) is 0 Å². The number of hydrogen-bond donors (Lipinski definition) is 1. The molecule has 2 aromatic rings. The number of rotatable bonds is 1. The summed E-state index contributed by atoms with van der Waals surface area (Å²) in [7, 11) is 0. The molecule has 4 nitrogen and oxygen atoms in total. The summed E-state index contributed by atoms with van der Waals surface area (Å²) in [6.45, 7) is 0. The molecule has 3 rings (SSSR count). The van der Waals surface area contributed by atoms with Crippen LogP contribution in [0.15, 0.2) is 35.6 Å². The minimum absolute atomic E-state index is 0.144. The van der Waals surface area contributed by atoms with Crippen LogP contribution in [0, 0.1) is 0 Å². The molecule has 88 valence electrons. The third-order valence-electron chi connectivity index (χ3n) is 2.47. The van der Waals surface area contributed by atoms with E-state index >= 15 is 0 Å². The summed E-state index contributed by atoms with van der Waals surface area (Å²) in [5.41, 5.74) is 1.81. The van der Waals surface area contributed by atoms with E-state index in [4.69, 9.17) is 12.2 Å². The number of thioether (sulfide) groups is 1. The smallest absolute Gasteiger partial charge is 0.263 e. The van der Waals surface area contributed by atoms with Crippen molar-refractivity contribution in [1.29, 1.82) is 0 Å². The first-order chi connectivity index (χ1) is 8.72. The molecule has 0 saturated carbocycles. The van der Waals surface area contributed by atoms with Crippen molar-refractivity contribution in [3.8, 4) is 0 Å². The molecule has 1 aromatic heterocycles. The quantitative estimate of drug-likeness (QED) is 0.637. The van der Waals surface area contributed by atoms with Crippen LogP contribution in [0.2, 0.25) is 0 Å². The van der Waals surface area contributed by atoms with Gasteiger partial charge in [-0.3, -0.25) is 4.79 Å². The highest BCUT2D eigenvalue weighted by molar-refractivity contribution is 8.26. The zero-order valence-corrected chi connectivity index (χ0v) is 10.7. The summed E-state index contributed by atoms with van der Waals surface area (Å²) in [6.07, 6.45) is 5.07. The lowest BCUT2D eigenvalue weighted by Gasteiger charge is -1.98. The van der Waals surface area contributed by atoms with Crippen molar-refractivity contribution in [3.63, 3.8) is 0 Å². The molecule has 6 heteroatoms. The fourth-order valence-electron chi connectivity index (χ4n) is 1.67. The molecule has 1 amide bonds. The van der Waals surface area contributed by atoms with Crippen LogP contribution in [-0.4, -0.2) is 20.2 Å². The highest BCUT2D eigenvalue weighted by Crippen LogP contribution is 2.26. The number of benzene rings is 1. The molecule has 1 saturated heterocycles. The maximum Gasteiger partial charge on any atom is 0.263 e. The molecule has 18 heavy (non-hydrogen) atoms. The van der Waals surface area contributed by atoms with Gasteiger partial charge in [0.15, 0.2) is 0 Å². The summed E-state index contributed by atoms with van der Waals surface area (Å²) in [5.74, 6) is -0.144. The van der Waals surface area contributed by atoms with Gasteiger partial charge in [-0.05, 0) is 23.8 Å². The first-order valence-corrected chi connectivity index (χ1v) is 6.39. The number of amides is 1. The Kier molecular flexibility index (Phi) is 2.81. The van der Waals surface area contributed by atoms with Crippen LogP contribution in [0.4, 0.5) is 0 Å². The maximum atomic E-state index is 11.5. The number of thiocarbonyl (C=S) groups is 1. The first-order valence-electron chi connectivity index (χ1n) is 5.17. The number of carbonyl (C=O) groups is 1. The monoisotopic (exact) mass is 273 g/mol. The van der Waals surface area contributed by atoms with Crippen molar-refractivity contribution in [2.24, 2.45) is 0 Å². The molecule has 0 unspecified atom stereocenters. The minimum atomic E-state index is -0.144. The Labute approximate surface area is 113 Å². The number of nitrogens with zero attached hydrogens (tertiary/aromatic N) is 2. The third-order valence-corrected chi connectivity index (χ3v) is 3.63. The largest absolute Gasteiger partial charge is 0.307 e. The van der Waals surface area contributed by atoms with Crippen molar-refractivity contribution in [3.05, 3.63) is 41.2 Å². The molecule has 0 atom stereocenters. The fourth-order valence-corrected chi connectivity index (χ4v) is 2.71. The van der Waals surface area contributed by atoms with E-state index in [1.165, 1.54) is 18.1 Å². The van der Waals surface area contributed by atoms with Gasteiger partial charge < -0.3 is 5.32 Å². The van der Waals surface area contributed by atoms with Gasteiger partial charge in [-0.1, -0.05) is 30.0 Å². The van der Waals surface area contributed by atoms with E-state index in [0.717, 1.165) is 16.5 Å². The van der Waals surface area contributed by atoms with Gasteiger partial charge in [-0.25, -0.2) is 9.97 Å². The zero-order chi connectivity index (χ0) is 12.5. The average Bonchev–Trinajstić information content (AvgIpc) is 2.68. The fraction of sp³-hybridized carbons (Fsp3) is 0. The predicted molar refractivity (Wildman–Crippen MR) is 75.8 cm³/mol. The van der Waals surface area contributed by atoms with Gasteiger partial charge in [0, 0.05) is 11.6 Å². The predicted octanol–water partition coefficient (Wildman–Crippen LogP) is 2.12. The molecule has 1 aliphatic heterocycles. The summed E-state index contributed by atoms with van der Waals surface area (Å²) in [6, 6.07) is 5.76. The van der Waals surface area contributed by atoms with E-state index in [9.17, 15) is 4.79 Å². The topological polar surface area (TPSA) is 54.9 Å². The molecular formula is C12H7N3OS2. The molecule has 0 spiro atoms. The summed E-state index contributed by atoms with van der Waals surface area (Å²) in [4.78, 5) is 20.3. The van der Waals surface area contributed by atoms with Crippen LogP contribution in [0.1, 0.15) is 5.56 Å². The lowest BCUT2D eigenvalue weighted by molar-refractivity contribution is -0.115. The van der Waals surface area contributed by atoms with Crippen LogP contribution in [0.25, 0.3) is 17.0 Å². The van der Waals surface area contributed by atoms with Crippen molar-refractivity contribution in [2.45, 2.75) is 0 Å². The van der Waals surface area contributed by atoms with Crippen molar-refractivity contribution >= 4 is 51.2 Å². The lowest BCUT2D eigenvalue weighted by Crippen LogP contribution is -2.17. The van der Waals surface area contributed by atoms with E-state index < -0.39 is 0 Å². The van der Waals surface area contributed by atoms with Gasteiger partial charge >= 0.3 is 0 Å². The molecule has 1 aliphatic rings. The van der Waals surface area contributed by atoms with Gasteiger partial charge in [0.25, 0.3) is 5.91 Å². The van der Waals surface area contributed by atoms with E-state index in [-0.39, 0.29) is 5.91 Å². The Morgan fingerprint density at radius 1 is 1.39 bits per heavy atom. The molecule has 2 heterocycles. The lowest BCUT2D eigenvalue weighted by atomic mass is 10.1. The number of carbonyl (C=O) groups excluding carboxylic acids is 1. The second kappa shape index (κ2) is 4.47. The molecular weight excluding hydrogens is 266 g/mol. The van der Waals surface area contributed by atoms with Gasteiger partial charge in [-0.2, -0.15) is 0 Å². The Morgan fingerprint density at radius 3 is 3.06 bits per heavy atom. The van der Waals surface area contributed by atoms with Gasteiger partial charge in [0.05, 0.1) is 10.4 Å². The Hall–Kier alpha value is -1.79. The first kappa shape index (κ1) is 11.3. The van der Waals surface area contributed by atoms with Crippen molar-refractivity contribution in [2.75, 3.05) is 0 Å². The average molecular weight is 273 g/mol. The van der Waals surface area contributed by atoms with Gasteiger partial charge in [0.1, 0.15) is 10.6 Å². The number of nitrogens with one attached hydrogen (secondary N) is 1. The second-order valence-corrected chi connectivity index (χ2v) is 5.41. The van der Waals surface area contributed by atoms with E-state index in [0.29, 0.717) is 9.23 Å². The van der Waals surface area contributed by atoms with Crippen molar-refractivity contribution < 1.29 is 4.79 Å². The SMILES string of the molecule is O=C1NC(=S)S/C1=C\c1ccc2ncncc2c1. The number of aromatic nitrogens is 2. The highest BCUT2D eigenvalue weighted by atomic mass is 32.2. The Bertz CT molecular complexity index is 697. The molecule has 0 aliphatic carbocycles. The molecule has 1 fully saturated rings. The van der Waals surface area contributed by atoms with Crippen LogP contribution < -0.4 is 5.32 Å². The highest BCUT2D eigenvalue weighted by Gasteiger charge is 2.21. The van der Waals surface area contributed by atoms with E-state index in [1.807, 2.05) is 24.3 Å². The number of hydrogen-bond acceptors (Lipinski definition) is 5. The Balaban J connectivity index is 2.02. The summed E-state index contributed by atoms with van der Waals surface area (Å²) >= 11 is 6.21. The zero-order valence-electron chi connectivity index (χ0n) is 9.08. The summed E-state index contributed by atoms with van der Waals surface area (Å²) < 4.78 is 0.496. The maximum absolute atomic E-state index is 11.5. The third kappa shape index (κ3) is 2.12. The van der Waals surface area contributed by atoms with Crippen LogP contribution in [-0.2, 0) is 4.79 Å². The molecule has 1 N–H and O–H groups in total. The van der Waals surface area contributed by atoms with E-state index in [2.05, 4.69) is 15.3 Å². The van der Waals surface area contributed by atoms with Crippen molar-refractivity contribution in [1.82, 2.24) is 15.3 Å². The molecule has 0 bridgehead atoms. The van der Waals surface area contributed by atoms with Gasteiger partial charge in [-0.15, -0.1) is 0 Å². The minimum Gasteiger partial charge on any atom is -0.307 e.